The van der Waals surface area contributed by atoms with E-state index in [-0.39, 0.29) is 5.82 Å². The highest BCUT2D eigenvalue weighted by Gasteiger charge is 2.38. The first-order valence-electron chi connectivity index (χ1n) is 7.51. The molecule has 2 unspecified atom stereocenters. The molecule has 1 heterocycles. The molecule has 1 N–H and O–H groups in total. The van der Waals surface area contributed by atoms with Gasteiger partial charge in [-0.05, 0) is 58.8 Å². The standard InChI is InChI=1S/C16H22BrFN2/c1-10(2)16-8-19-15(11-3-4-11)9-20(16)12-5-6-13(17)14(18)7-12/h5-7,10-11,15-16,19H,3-4,8-9H2,1-2H3. The molecule has 3 rings (SSSR count). The highest BCUT2D eigenvalue weighted by molar-refractivity contribution is 9.10. The highest BCUT2D eigenvalue weighted by atomic mass is 79.9. The van der Waals surface area contributed by atoms with Crippen molar-refractivity contribution in [2.75, 3.05) is 18.0 Å². The van der Waals surface area contributed by atoms with Crippen LogP contribution in [0, 0.1) is 17.7 Å². The van der Waals surface area contributed by atoms with E-state index in [0.29, 0.717) is 22.5 Å². The molecule has 1 aromatic rings. The first-order chi connectivity index (χ1) is 9.56. The van der Waals surface area contributed by atoms with Gasteiger partial charge in [0.2, 0.25) is 0 Å². The van der Waals surface area contributed by atoms with E-state index < -0.39 is 0 Å². The second kappa shape index (κ2) is 5.64. The van der Waals surface area contributed by atoms with Gasteiger partial charge in [0.1, 0.15) is 5.82 Å². The third-order valence-electron chi connectivity index (χ3n) is 4.58. The maximum absolute atomic E-state index is 13.8. The van der Waals surface area contributed by atoms with Crippen molar-refractivity contribution >= 4 is 21.6 Å². The number of nitrogens with zero attached hydrogens (tertiary/aromatic N) is 1. The maximum Gasteiger partial charge on any atom is 0.139 e. The molecule has 0 aromatic heterocycles. The Hall–Kier alpha value is -0.610. The Bertz CT molecular complexity index is 487. The zero-order valence-corrected chi connectivity index (χ0v) is 13.7. The van der Waals surface area contributed by atoms with E-state index in [4.69, 9.17) is 0 Å². The molecule has 1 saturated heterocycles. The van der Waals surface area contributed by atoms with Crippen molar-refractivity contribution < 1.29 is 4.39 Å². The molecule has 1 aliphatic heterocycles. The number of hydrogen-bond donors (Lipinski definition) is 1. The zero-order valence-electron chi connectivity index (χ0n) is 12.1. The number of nitrogens with one attached hydrogen (secondary N) is 1. The topological polar surface area (TPSA) is 15.3 Å². The summed E-state index contributed by atoms with van der Waals surface area (Å²) in [6, 6.07) is 6.50. The van der Waals surface area contributed by atoms with Crippen LogP contribution in [0.2, 0.25) is 0 Å². The predicted molar refractivity (Wildman–Crippen MR) is 84.6 cm³/mol. The number of rotatable bonds is 3. The van der Waals surface area contributed by atoms with E-state index in [1.165, 1.54) is 12.8 Å². The Morgan fingerprint density at radius 2 is 2.10 bits per heavy atom. The molecule has 2 nitrogen and oxygen atoms in total. The molecule has 1 aromatic carbocycles. The molecule has 20 heavy (non-hydrogen) atoms. The van der Waals surface area contributed by atoms with Crippen LogP contribution in [-0.4, -0.2) is 25.2 Å². The molecule has 0 amide bonds. The molecule has 2 fully saturated rings. The minimum atomic E-state index is -0.175. The minimum Gasteiger partial charge on any atom is -0.365 e. The van der Waals surface area contributed by atoms with Crippen LogP contribution in [0.1, 0.15) is 26.7 Å². The largest absolute Gasteiger partial charge is 0.365 e. The molecular formula is C16H22BrFN2. The van der Waals surface area contributed by atoms with Crippen LogP contribution in [-0.2, 0) is 0 Å². The van der Waals surface area contributed by atoms with Crippen LogP contribution in [0.5, 0.6) is 0 Å². The van der Waals surface area contributed by atoms with Crippen molar-refractivity contribution in [3.05, 3.63) is 28.5 Å². The van der Waals surface area contributed by atoms with Gasteiger partial charge in [0.15, 0.2) is 0 Å². The maximum atomic E-state index is 13.8. The summed E-state index contributed by atoms with van der Waals surface area (Å²) in [5.41, 5.74) is 1.01. The summed E-state index contributed by atoms with van der Waals surface area (Å²) >= 11 is 3.24. The monoisotopic (exact) mass is 340 g/mol. The zero-order chi connectivity index (χ0) is 14.3. The van der Waals surface area contributed by atoms with Crippen molar-refractivity contribution in [2.45, 2.75) is 38.8 Å². The summed E-state index contributed by atoms with van der Waals surface area (Å²) < 4.78 is 14.4. The van der Waals surface area contributed by atoms with Gasteiger partial charge in [-0.3, -0.25) is 0 Å². The van der Waals surface area contributed by atoms with Crippen LogP contribution in [0.25, 0.3) is 0 Å². The van der Waals surface area contributed by atoms with Crippen LogP contribution in [0.4, 0.5) is 10.1 Å². The third-order valence-corrected chi connectivity index (χ3v) is 5.22. The number of piperazine rings is 1. The van der Waals surface area contributed by atoms with Crippen LogP contribution < -0.4 is 10.2 Å². The van der Waals surface area contributed by atoms with E-state index in [0.717, 1.165) is 24.7 Å². The van der Waals surface area contributed by atoms with Crippen molar-refractivity contribution in [1.29, 1.82) is 0 Å². The smallest absolute Gasteiger partial charge is 0.139 e. The molecular weight excluding hydrogens is 319 g/mol. The van der Waals surface area contributed by atoms with Gasteiger partial charge >= 0.3 is 0 Å². The Morgan fingerprint density at radius 1 is 1.35 bits per heavy atom. The van der Waals surface area contributed by atoms with Crippen molar-refractivity contribution in [3.8, 4) is 0 Å². The Labute approximate surface area is 128 Å². The second-order valence-electron chi connectivity index (χ2n) is 6.41. The second-order valence-corrected chi connectivity index (χ2v) is 7.27. The first-order valence-corrected chi connectivity index (χ1v) is 8.30. The van der Waals surface area contributed by atoms with Crippen molar-refractivity contribution in [1.82, 2.24) is 5.32 Å². The van der Waals surface area contributed by atoms with Crippen LogP contribution in [0.15, 0.2) is 22.7 Å². The Balaban J connectivity index is 1.85. The first kappa shape index (κ1) is 14.3. The minimum absolute atomic E-state index is 0.175. The summed E-state index contributed by atoms with van der Waals surface area (Å²) in [5.74, 6) is 1.20. The number of hydrogen-bond acceptors (Lipinski definition) is 2. The van der Waals surface area contributed by atoms with Crippen LogP contribution in [0.3, 0.4) is 0 Å². The fourth-order valence-electron chi connectivity index (χ4n) is 3.16. The average Bonchev–Trinajstić information content (AvgIpc) is 3.25. The summed E-state index contributed by atoms with van der Waals surface area (Å²) in [5, 5.41) is 3.69. The molecule has 0 radical (unpaired) electrons. The normalized spacial score (nSPS) is 27.1. The predicted octanol–water partition coefficient (Wildman–Crippen LogP) is 3.80. The lowest BCUT2D eigenvalue weighted by atomic mass is 9.96. The van der Waals surface area contributed by atoms with Gasteiger partial charge in [-0.1, -0.05) is 13.8 Å². The van der Waals surface area contributed by atoms with E-state index in [1.54, 1.807) is 6.07 Å². The summed E-state index contributed by atoms with van der Waals surface area (Å²) in [4.78, 5) is 2.40. The van der Waals surface area contributed by atoms with E-state index in [1.807, 2.05) is 12.1 Å². The lowest BCUT2D eigenvalue weighted by Crippen LogP contribution is -2.59. The summed E-state index contributed by atoms with van der Waals surface area (Å²) in [6.07, 6.45) is 2.68. The van der Waals surface area contributed by atoms with Gasteiger partial charge in [0.25, 0.3) is 0 Å². The van der Waals surface area contributed by atoms with E-state index in [9.17, 15) is 4.39 Å². The molecule has 2 atom stereocenters. The van der Waals surface area contributed by atoms with Gasteiger partial charge < -0.3 is 10.2 Å². The number of anilines is 1. The van der Waals surface area contributed by atoms with Gasteiger partial charge in [-0.2, -0.15) is 0 Å². The lowest BCUT2D eigenvalue weighted by molar-refractivity contribution is 0.320. The molecule has 4 heteroatoms. The third kappa shape index (κ3) is 2.86. The van der Waals surface area contributed by atoms with E-state index >= 15 is 0 Å². The molecule has 2 aliphatic rings. The fraction of sp³-hybridized carbons (Fsp3) is 0.625. The molecule has 1 saturated carbocycles. The SMILES string of the molecule is CC(C)C1CNC(C2CC2)CN1c1ccc(Br)c(F)c1. The molecule has 0 spiro atoms. The van der Waals surface area contributed by atoms with E-state index in [2.05, 4.69) is 40.0 Å². The van der Waals surface area contributed by atoms with Crippen molar-refractivity contribution in [3.63, 3.8) is 0 Å². The van der Waals surface area contributed by atoms with Crippen LogP contribution >= 0.6 is 15.9 Å². The molecule has 0 bridgehead atoms. The highest BCUT2D eigenvalue weighted by Crippen LogP contribution is 2.36. The summed E-state index contributed by atoms with van der Waals surface area (Å²) in [7, 11) is 0. The van der Waals surface area contributed by atoms with Crippen molar-refractivity contribution in [2.24, 2.45) is 11.8 Å². The lowest BCUT2D eigenvalue weighted by Gasteiger charge is -2.44. The molecule has 110 valence electrons. The fourth-order valence-corrected chi connectivity index (χ4v) is 3.41. The van der Waals surface area contributed by atoms with Gasteiger partial charge in [0.05, 0.1) is 4.47 Å². The van der Waals surface area contributed by atoms with Gasteiger partial charge in [-0.25, -0.2) is 4.39 Å². The quantitative estimate of drug-likeness (QED) is 0.900. The van der Waals surface area contributed by atoms with Gasteiger partial charge in [0, 0.05) is 30.9 Å². The average molecular weight is 341 g/mol. The Kier molecular flexibility index (Phi) is 4.04. The van der Waals surface area contributed by atoms with Gasteiger partial charge in [-0.15, -0.1) is 0 Å². The number of benzene rings is 1. The number of halogens is 2. The molecule has 1 aliphatic carbocycles. The Morgan fingerprint density at radius 3 is 2.70 bits per heavy atom. The summed E-state index contributed by atoms with van der Waals surface area (Å²) in [6.45, 7) is 6.48.